The molecule has 2 aliphatic rings. The zero-order chi connectivity index (χ0) is 42.1. The molecule has 0 saturated heterocycles. The largest absolute Gasteiger partial charge is 0.491 e. The first-order valence-electron chi connectivity index (χ1n) is 20.3. The molecule has 16 nitrogen and oxygen atoms in total. The zero-order valence-corrected chi connectivity index (χ0v) is 35.2. The molecule has 1 saturated carbocycles. The zero-order valence-electron chi connectivity index (χ0n) is 34.4. The number of nitro benzene ring substituents is 1. The summed E-state index contributed by atoms with van der Waals surface area (Å²) in [6, 6.07) is 10.5. The number of nitrogens with one attached hydrogen (secondary N) is 3. The molecule has 320 valence electrons. The van der Waals surface area contributed by atoms with Crippen LogP contribution in [-0.2, 0) is 24.2 Å². The highest BCUT2D eigenvalue weighted by atomic mass is 32.2. The van der Waals surface area contributed by atoms with Crippen LogP contribution in [0.2, 0.25) is 0 Å². The lowest BCUT2D eigenvalue weighted by molar-refractivity contribution is -0.387. The quantitative estimate of drug-likeness (QED) is 0.0674. The van der Waals surface area contributed by atoms with Crippen molar-refractivity contribution in [1.82, 2.24) is 15.4 Å². The Morgan fingerprint density at radius 3 is 2.33 bits per heavy atom. The van der Waals surface area contributed by atoms with E-state index in [0.29, 0.717) is 24.8 Å². The van der Waals surface area contributed by atoms with E-state index < -0.39 is 37.5 Å². The number of sulfonamides is 1. The highest BCUT2D eigenvalue weighted by Gasteiger charge is 2.35. The molecule has 1 aliphatic heterocycles. The second kappa shape index (κ2) is 23.2. The summed E-state index contributed by atoms with van der Waals surface area (Å²) in [6.07, 6.45) is 6.67. The molecule has 2 aromatic rings. The summed E-state index contributed by atoms with van der Waals surface area (Å²) in [7, 11) is -4.13. The van der Waals surface area contributed by atoms with Gasteiger partial charge >= 0.3 is 6.09 Å². The Morgan fingerprint density at radius 1 is 0.862 bits per heavy atom. The van der Waals surface area contributed by atoms with Crippen LogP contribution < -0.4 is 20.1 Å². The third kappa shape index (κ3) is 14.7. The van der Waals surface area contributed by atoms with E-state index in [2.05, 4.69) is 39.4 Å². The van der Waals surface area contributed by atoms with Crippen molar-refractivity contribution in [1.29, 1.82) is 0 Å². The van der Waals surface area contributed by atoms with Crippen LogP contribution >= 0.6 is 0 Å². The van der Waals surface area contributed by atoms with Gasteiger partial charge in [-0.05, 0) is 120 Å². The lowest BCUT2D eigenvalue weighted by Gasteiger charge is -2.34. The lowest BCUT2D eigenvalue weighted by atomic mass is 9.74. The molecule has 0 aromatic heterocycles. The fourth-order valence-electron chi connectivity index (χ4n) is 7.01. The minimum atomic E-state index is -4.13. The van der Waals surface area contributed by atoms with Gasteiger partial charge in [0.15, 0.2) is 4.90 Å². The number of nitrogens with zero attached hydrogens (tertiary/aromatic N) is 3. The molecule has 0 spiro atoms. The summed E-state index contributed by atoms with van der Waals surface area (Å²) >= 11 is 0. The number of alkyl carbamates (subject to hydrolysis) is 1. The van der Waals surface area contributed by atoms with Crippen LogP contribution in [0.25, 0.3) is 0 Å². The SMILES string of the molecule is CC1=NN=C(c2ccc(OCCOCCNC(=O)c3ccc(S(=O)(=O)NC(C)C)c([N+](=O)[O-])c3)cc2)C2CCCC(OC(=O)NCCCOCCCC(C)C)CCC12. The second-order valence-electron chi connectivity index (χ2n) is 15.4. The van der Waals surface area contributed by atoms with E-state index in [-0.39, 0.29) is 56.0 Å². The number of benzene rings is 2. The second-order valence-corrected chi connectivity index (χ2v) is 17.0. The highest BCUT2D eigenvalue weighted by molar-refractivity contribution is 7.89. The molecular formula is C41H60N6O10S. The number of fused-ring (bicyclic) bond motifs is 1. The number of hydrogen-bond donors (Lipinski definition) is 3. The topological polar surface area (TPSA) is 209 Å². The van der Waals surface area contributed by atoms with Crippen LogP contribution in [0, 0.1) is 27.9 Å². The average molecular weight is 829 g/mol. The van der Waals surface area contributed by atoms with Crippen molar-refractivity contribution in [2.24, 2.45) is 28.0 Å². The maximum absolute atomic E-state index is 12.6. The minimum absolute atomic E-state index is 0.0479. The van der Waals surface area contributed by atoms with E-state index in [1.54, 1.807) is 13.8 Å². The summed E-state index contributed by atoms with van der Waals surface area (Å²) in [6.45, 7) is 12.3. The first-order chi connectivity index (χ1) is 27.7. The van der Waals surface area contributed by atoms with Gasteiger partial charge in [0.05, 0.1) is 23.8 Å². The number of nitro groups is 1. The average Bonchev–Trinajstić information content (AvgIpc) is 3.16. The van der Waals surface area contributed by atoms with Gasteiger partial charge in [0, 0.05) is 61.5 Å². The standard InChI is InChI=1S/C41H60N6O10S/c1-28(2)9-7-22-54-23-8-20-43-41(49)57-34-10-6-11-36-35(18-17-34)30(5)44-45-39(36)31-12-15-33(16-13-31)56-26-25-55-24-21-42-40(48)32-14-19-38(37(27-32)47(50)51)58(52,53)46-29(3)4/h12-16,19,27-29,34-36,46H,6-11,17-18,20-26H2,1-5H3,(H,42,48)(H,43,49). The third-order valence-electron chi connectivity index (χ3n) is 9.89. The van der Waals surface area contributed by atoms with Crippen LogP contribution in [0.1, 0.15) is 102 Å². The smallest absolute Gasteiger partial charge is 0.407 e. The number of hydrogen-bond acceptors (Lipinski definition) is 12. The first-order valence-corrected chi connectivity index (χ1v) is 21.8. The summed E-state index contributed by atoms with van der Waals surface area (Å²) in [5.74, 6) is 1.16. The van der Waals surface area contributed by atoms with Crippen molar-refractivity contribution in [2.75, 3.05) is 46.1 Å². The molecule has 3 atom stereocenters. The predicted molar refractivity (Wildman–Crippen MR) is 221 cm³/mol. The van der Waals surface area contributed by atoms with Gasteiger partial charge in [0.25, 0.3) is 11.6 Å². The molecule has 1 aliphatic carbocycles. The van der Waals surface area contributed by atoms with Crippen LogP contribution in [0.4, 0.5) is 10.5 Å². The third-order valence-corrected chi connectivity index (χ3v) is 11.6. The molecule has 4 rings (SSSR count). The van der Waals surface area contributed by atoms with Crippen LogP contribution in [-0.4, -0.2) is 95.0 Å². The fourth-order valence-corrected chi connectivity index (χ4v) is 8.42. The maximum Gasteiger partial charge on any atom is 0.407 e. The van der Waals surface area contributed by atoms with Gasteiger partial charge in [-0.3, -0.25) is 14.9 Å². The minimum Gasteiger partial charge on any atom is -0.491 e. The van der Waals surface area contributed by atoms with E-state index in [0.717, 1.165) is 87.1 Å². The van der Waals surface area contributed by atoms with Gasteiger partial charge < -0.3 is 29.6 Å². The monoisotopic (exact) mass is 828 g/mol. The number of carbonyl (C=O) groups is 2. The Bertz CT molecular complexity index is 1830. The summed E-state index contributed by atoms with van der Waals surface area (Å²) in [4.78, 5) is 35.4. The van der Waals surface area contributed by atoms with Crippen LogP contribution in [0.5, 0.6) is 5.75 Å². The van der Waals surface area contributed by atoms with Crippen molar-refractivity contribution in [2.45, 2.75) is 103 Å². The van der Waals surface area contributed by atoms with Crippen LogP contribution in [0.15, 0.2) is 57.6 Å². The molecule has 58 heavy (non-hydrogen) atoms. The first kappa shape index (κ1) is 46.2. The molecule has 1 heterocycles. The van der Waals surface area contributed by atoms with Crippen molar-refractivity contribution in [3.05, 3.63) is 63.7 Å². The Balaban J connectivity index is 1.15. The number of rotatable bonds is 22. The van der Waals surface area contributed by atoms with Crippen molar-refractivity contribution in [3.8, 4) is 5.75 Å². The van der Waals surface area contributed by atoms with Gasteiger partial charge in [-0.25, -0.2) is 17.9 Å². The van der Waals surface area contributed by atoms with E-state index in [4.69, 9.17) is 18.9 Å². The Labute approximate surface area is 342 Å². The van der Waals surface area contributed by atoms with Crippen molar-refractivity contribution < 1.29 is 41.9 Å². The molecule has 17 heteroatoms. The van der Waals surface area contributed by atoms with E-state index in [1.165, 1.54) is 6.07 Å². The van der Waals surface area contributed by atoms with Gasteiger partial charge in [0.1, 0.15) is 18.5 Å². The number of carbonyl (C=O) groups excluding carboxylic acids is 2. The molecule has 3 unspecified atom stereocenters. The summed E-state index contributed by atoms with van der Waals surface area (Å²) in [5.41, 5.74) is 2.20. The molecule has 3 N–H and O–H groups in total. The number of ether oxygens (including phenoxy) is 4. The molecule has 2 aromatic carbocycles. The maximum atomic E-state index is 12.6. The van der Waals surface area contributed by atoms with Gasteiger partial charge in [0.2, 0.25) is 10.0 Å². The van der Waals surface area contributed by atoms with E-state index in [1.807, 2.05) is 31.2 Å². The summed E-state index contributed by atoms with van der Waals surface area (Å²) in [5, 5.41) is 26.2. The van der Waals surface area contributed by atoms with Crippen LogP contribution in [0.3, 0.4) is 0 Å². The molecule has 2 amide bonds. The Morgan fingerprint density at radius 2 is 1.60 bits per heavy atom. The van der Waals surface area contributed by atoms with Gasteiger partial charge in [-0.2, -0.15) is 10.2 Å². The molecule has 0 radical (unpaired) electrons. The molecule has 1 fully saturated rings. The normalized spacial score (nSPS) is 18.4. The van der Waals surface area contributed by atoms with E-state index in [9.17, 15) is 28.1 Å². The van der Waals surface area contributed by atoms with Crippen molar-refractivity contribution >= 4 is 39.1 Å². The van der Waals surface area contributed by atoms with Crippen molar-refractivity contribution in [3.63, 3.8) is 0 Å². The Hall–Kier alpha value is -4.45. The predicted octanol–water partition coefficient (Wildman–Crippen LogP) is 6.42. The fraction of sp³-hybridized carbons (Fsp3) is 0.610. The van der Waals surface area contributed by atoms with E-state index >= 15 is 0 Å². The number of amides is 2. The highest BCUT2D eigenvalue weighted by Crippen LogP contribution is 2.36. The Kier molecular flexibility index (Phi) is 18.5. The van der Waals surface area contributed by atoms with Gasteiger partial charge in [-0.15, -0.1) is 0 Å². The van der Waals surface area contributed by atoms with Gasteiger partial charge in [-0.1, -0.05) is 13.8 Å². The summed E-state index contributed by atoms with van der Waals surface area (Å²) < 4.78 is 50.3. The molecule has 0 bridgehead atoms. The lowest BCUT2D eigenvalue weighted by Crippen LogP contribution is -2.36. The molecular weight excluding hydrogens is 769 g/mol.